The molecule has 0 bridgehead atoms. The van der Waals surface area contributed by atoms with E-state index in [4.69, 9.17) is 9.47 Å². The molecule has 6 rings (SSSR count). The van der Waals surface area contributed by atoms with Gasteiger partial charge in [0.15, 0.2) is 17.3 Å². The summed E-state index contributed by atoms with van der Waals surface area (Å²) >= 11 is 1.54. The summed E-state index contributed by atoms with van der Waals surface area (Å²) in [5.41, 5.74) is 4.84. The van der Waals surface area contributed by atoms with Crippen molar-refractivity contribution in [3.05, 3.63) is 101 Å². The number of Topliss-reactive ketones (excluding diaryl/α,β-unsaturated/α-hetero) is 1. The summed E-state index contributed by atoms with van der Waals surface area (Å²) in [5.74, 6) is 1.07. The standard InChI is InChI=1S/C29H24N2O4S/c1-36-28-7-3-2-5-20(28)29(33)30-19-10-8-18(9-11-19)21-15-25(32)22-16-26-27(35-14-13-34-26)17-24(22)31-12-4-6-23(21)31/h2-12,16-17,21H,13-15H2,1H3,(H,30,33)/t21-/m0/s1. The van der Waals surface area contributed by atoms with Crippen LogP contribution in [0.3, 0.4) is 0 Å². The van der Waals surface area contributed by atoms with Crippen molar-refractivity contribution in [2.45, 2.75) is 17.2 Å². The first-order valence-electron chi connectivity index (χ1n) is 11.8. The maximum atomic E-state index is 13.4. The number of rotatable bonds is 4. The summed E-state index contributed by atoms with van der Waals surface area (Å²) in [5, 5.41) is 2.99. The molecule has 0 spiro atoms. The molecule has 0 radical (unpaired) electrons. The average Bonchev–Trinajstić information content (AvgIpc) is 3.37. The molecule has 0 fully saturated rings. The van der Waals surface area contributed by atoms with Gasteiger partial charge in [-0.2, -0.15) is 0 Å². The lowest BCUT2D eigenvalue weighted by Gasteiger charge is -2.21. The molecule has 7 heteroatoms. The van der Waals surface area contributed by atoms with E-state index in [9.17, 15) is 9.59 Å². The largest absolute Gasteiger partial charge is 0.486 e. The first kappa shape index (κ1) is 22.5. The molecule has 2 aliphatic rings. The normalized spacial score (nSPS) is 16.0. The quantitative estimate of drug-likeness (QED) is 0.354. The van der Waals surface area contributed by atoms with Gasteiger partial charge in [0.1, 0.15) is 13.2 Å². The second kappa shape index (κ2) is 9.24. The van der Waals surface area contributed by atoms with E-state index >= 15 is 0 Å². The number of thioether (sulfide) groups is 1. The summed E-state index contributed by atoms with van der Waals surface area (Å²) in [6, 6.07) is 23.1. The molecule has 4 aromatic rings. The number of amides is 1. The number of benzene rings is 3. The number of nitrogens with zero attached hydrogens (tertiary/aromatic N) is 1. The van der Waals surface area contributed by atoms with Crippen molar-refractivity contribution >= 4 is 29.1 Å². The maximum absolute atomic E-state index is 13.4. The summed E-state index contributed by atoms with van der Waals surface area (Å²) in [7, 11) is 0. The van der Waals surface area contributed by atoms with Gasteiger partial charge in [-0.05, 0) is 54.3 Å². The van der Waals surface area contributed by atoms with Crippen molar-refractivity contribution in [2.75, 3.05) is 24.8 Å². The summed E-state index contributed by atoms with van der Waals surface area (Å²) in [6.07, 6.45) is 4.27. The average molecular weight is 497 g/mol. The van der Waals surface area contributed by atoms with Gasteiger partial charge in [0, 0.05) is 46.4 Å². The van der Waals surface area contributed by atoms with E-state index in [1.165, 1.54) is 0 Å². The lowest BCUT2D eigenvalue weighted by atomic mass is 9.90. The molecule has 0 unspecified atom stereocenters. The molecule has 6 nitrogen and oxygen atoms in total. The predicted molar refractivity (Wildman–Crippen MR) is 140 cm³/mol. The second-order valence-electron chi connectivity index (χ2n) is 8.77. The highest BCUT2D eigenvalue weighted by Crippen LogP contribution is 2.41. The van der Waals surface area contributed by atoms with Crippen LogP contribution in [0.1, 0.15) is 44.3 Å². The van der Waals surface area contributed by atoms with E-state index in [1.807, 2.05) is 79.2 Å². The highest BCUT2D eigenvalue weighted by Gasteiger charge is 2.30. The maximum Gasteiger partial charge on any atom is 0.256 e. The molecule has 1 atom stereocenters. The molecule has 1 aromatic heterocycles. The van der Waals surface area contributed by atoms with Crippen LogP contribution in [0, 0.1) is 0 Å². The minimum atomic E-state index is -0.143. The van der Waals surface area contributed by atoms with Gasteiger partial charge in [0.25, 0.3) is 5.91 Å². The third-order valence-electron chi connectivity index (χ3n) is 6.67. The fraction of sp³-hybridized carbons (Fsp3) is 0.172. The van der Waals surface area contributed by atoms with Crippen LogP contribution >= 0.6 is 11.8 Å². The Bertz CT molecular complexity index is 1480. The van der Waals surface area contributed by atoms with Crippen LogP contribution in [0.4, 0.5) is 5.69 Å². The van der Waals surface area contributed by atoms with E-state index < -0.39 is 0 Å². The lowest BCUT2D eigenvalue weighted by Crippen LogP contribution is -2.16. The fourth-order valence-corrected chi connectivity index (χ4v) is 5.51. The van der Waals surface area contributed by atoms with Gasteiger partial charge >= 0.3 is 0 Å². The van der Waals surface area contributed by atoms with Crippen molar-refractivity contribution in [2.24, 2.45) is 0 Å². The second-order valence-corrected chi connectivity index (χ2v) is 9.62. The number of nitrogens with one attached hydrogen (secondary N) is 1. The van der Waals surface area contributed by atoms with E-state index in [0.29, 0.717) is 47.9 Å². The smallest absolute Gasteiger partial charge is 0.256 e. The first-order valence-corrected chi connectivity index (χ1v) is 13.0. The van der Waals surface area contributed by atoms with Crippen molar-refractivity contribution in [1.29, 1.82) is 0 Å². The number of hydrogen-bond acceptors (Lipinski definition) is 5. The number of anilines is 1. The number of ether oxygens (including phenoxy) is 2. The molecule has 180 valence electrons. The Kier molecular flexibility index (Phi) is 5.77. The zero-order valence-electron chi connectivity index (χ0n) is 19.7. The molecule has 1 amide bonds. The van der Waals surface area contributed by atoms with Crippen molar-refractivity contribution in [1.82, 2.24) is 4.57 Å². The van der Waals surface area contributed by atoms with Gasteiger partial charge in [-0.25, -0.2) is 0 Å². The Hall–Kier alpha value is -3.97. The molecule has 0 aliphatic carbocycles. The zero-order chi connectivity index (χ0) is 24.6. The first-order chi connectivity index (χ1) is 17.6. The number of aromatic nitrogens is 1. The van der Waals surface area contributed by atoms with Crippen LogP contribution in [0.5, 0.6) is 11.5 Å². The molecule has 3 aromatic carbocycles. The van der Waals surface area contributed by atoms with Crippen LogP contribution < -0.4 is 14.8 Å². The van der Waals surface area contributed by atoms with E-state index in [1.54, 1.807) is 11.8 Å². The van der Waals surface area contributed by atoms with Crippen LogP contribution in [0.2, 0.25) is 0 Å². The Labute approximate surface area is 213 Å². The van der Waals surface area contributed by atoms with Crippen LogP contribution in [0.15, 0.2) is 83.9 Å². The highest BCUT2D eigenvalue weighted by atomic mass is 32.2. The Morgan fingerprint density at radius 1 is 0.972 bits per heavy atom. The van der Waals surface area contributed by atoms with Gasteiger partial charge in [-0.15, -0.1) is 11.8 Å². The van der Waals surface area contributed by atoms with Crippen molar-refractivity contribution in [3.63, 3.8) is 0 Å². The molecule has 0 saturated heterocycles. The lowest BCUT2D eigenvalue weighted by molar-refractivity contribution is 0.0977. The monoisotopic (exact) mass is 496 g/mol. The fourth-order valence-electron chi connectivity index (χ4n) is 4.92. The SMILES string of the molecule is CSc1ccccc1C(=O)Nc1ccc([C@@H]2CC(=O)c3cc4c(cc3-n3cccc32)OCCO4)cc1. The number of fused-ring (bicyclic) bond motifs is 4. The summed E-state index contributed by atoms with van der Waals surface area (Å²) < 4.78 is 13.6. The predicted octanol–water partition coefficient (Wildman–Crippen LogP) is 5.94. The third kappa shape index (κ3) is 3.95. The number of ketones is 1. The minimum Gasteiger partial charge on any atom is -0.486 e. The van der Waals surface area contributed by atoms with Gasteiger partial charge in [-0.3, -0.25) is 9.59 Å². The topological polar surface area (TPSA) is 69.6 Å². The van der Waals surface area contributed by atoms with Gasteiger partial charge < -0.3 is 19.4 Å². The number of carbonyl (C=O) groups is 2. The molecular formula is C29H24N2O4S. The molecule has 0 saturated carbocycles. The molecular weight excluding hydrogens is 472 g/mol. The summed E-state index contributed by atoms with van der Waals surface area (Å²) in [4.78, 5) is 27.2. The number of hydrogen-bond donors (Lipinski definition) is 1. The third-order valence-corrected chi connectivity index (χ3v) is 7.47. The van der Waals surface area contributed by atoms with E-state index in [0.717, 1.165) is 21.8 Å². The molecule has 3 heterocycles. The van der Waals surface area contributed by atoms with Crippen LogP contribution in [-0.4, -0.2) is 35.7 Å². The van der Waals surface area contributed by atoms with Crippen LogP contribution in [-0.2, 0) is 0 Å². The Balaban J connectivity index is 1.30. The van der Waals surface area contributed by atoms with E-state index in [2.05, 4.69) is 16.0 Å². The van der Waals surface area contributed by atoms with Crippen LogP contribution in [0.25, 0.3) is 5.69 Å². The molecule has 36 heavy (non-hydrogen) atoms. The number of carbonyl (C=O) groups excluding carboxylic acids is 2. The highest BCUT2D eigenvalue weighted by molar-refractivity contribution is 7.98. The van der Waals surface area contributed by atoms with Crippen molar-refractivity contribution < 1.29 is 19.1 Å². The Morgan fingerprint density at radius 2 is 1.72 bits per heavy atom. The van der Waals surface area contributed by atoms with Gasteiger partial charge in [0.2, 0.25) is 0 Å². The van der Waals surface area contributed by atoms with Gasteiger partial charge in [-0.1, -0.05) is 24.3 Å². The van der Waals surface area contributed by atoms with E-state index in [-0.39, 0.29) is 17.6 Å². The molecule has 1 N–H and O–H groups in total. The summed E-state index contributed by atoms with van der Waals surface area (Å²) in [6.45, 7) is 0.968. The van der Waals surface area contributed by atoms with Gasteiger partial charge in [0.05, 0.1) is 11.3 Å². The minimum absolute atomic E-state index is 0.0572. The Morgan fingerprint density at radius 3 is 2.50 bits per heavy atom. The zero-order valence-corrected chi connectivity index (χ0v) is 20.5. The van der Waals surface area contributed by atoms with Crippen molar-refractivity contribution in [3.8, 4) is 17.2 Å². The molecule has 2 aliphatic heterocycles.